The van der Waals surface area contributed by atoms with E-state index < -0.39 is 22.8 Å². The number of benzene rings is 2. The summed E-state index contributed by atoms with van der Waals surface area (Å²) >= 11 is 5.64. The number of carbonyl (C=O) groups excluding carboxylic acids is 1. The normalized spacial score (nSPS) is 11.8. The molecule has 0 saturated heterocycles. The molecule has 30 heavy (non-hydrogen) atoms. The molecule has 0 bridgehead atoms. The lowest BCUT2D eigenvalue weighted by Gasteiger charge is -2.19. The molecule has 0 spiro atoms. The fourth-order valence-electron chi connectivity index (χ4n) is 2.49. The number of alkyl halides is 4. The molecule has 0 aliphatic carbocycles. The number of halogens is 4. The molecule has 0 heterocycles. The second kappa shape index (κ2) is 9.97. The standard InChI is InChI=1S/C19H16ClF3N2O5/c20-7-6-13-8-14(24-17(10-18(26)27)19(21,22)23)16(9-15(13)25(28)29)30-11-12-4-2-1-3-5-12/h1-5,8-10,24H,6-7,11H2,(H,26,27)/p-1. The number of nitrogens with zero attached hydrogens (tertiary/aromatic N) is 1. The molecule has 0 saturated carbocycles. The minimum atomic E-state index is -5.05. The second-order valence-electron chi connectivity index (χ2n) is 5.95. The SMILES string of the molecule is O=C([O-])C=C(Nc1cc(CCCl)c([N+](=O)[O-])cc1OCc1ccccc1)C(F)(F)F. The molecule has 0 radical (unpaired) electrons. The molecule has 0 amide bonds. The van der Waals surface area contributed by atoms with Crippen molar-refractivity contribution in [1.82, 2.24) is 0 Å². The molecule has 0 aromatic heterocycles. The van der Waals surface area contributed by atoms with Crippen LogP contribution >= 0.6 is 11.6 Å². The summed E-state index contributed by atoms with van der Waals surface area (Å²) in [5.74, 6) is -2.35. The summed E-state index contributed by atoms with van der Waals surface area (Å²) in [5, 5.41) is 24.0. The Morgan fingerprint density at radius 1 is 1.23 bits per heavy atom. The zero-order chi connectivity index (χ0) is 22.3. The smallest absolute Gasteiger partial charge is 0.431 e. The first kappa shape index (κ1) is 23.0. The van der Waals surface area contributed by atoms with Crippen LogP contribution in [0.1, 0.15) is 11.1 Å². The van der Waals surface area contributed by atoms with E-state index in [0.29, 0.717) is 5.56 Å². The molecule has 0 aliphatic heterocycles. The summed E-state index contributed by atoms with van der Waals surface area (Å²) in [6.45, 7) is -0.0902. The zero-order valence-electron chi connectivity index (χ0n) is 15.2. The number of carboxylic acid groups (broad SMARTS) is 1. The van der Waals surface area contributed by atoms with Crippen LogP contribution in [0.2, 0.25) is 0 Å². The summed E-state index contributed by atoms with van der Waals surface area (Å²) in [6, 6.07) is 10.6. The molecule has 11 heteroatoms. The van der Waals surface area contributed by atoms with Gasteiger partial charge >= 0.3 is 6.18 Å². The molecular weight excluding hydrogens is 429 g/mol. The van der Waals surface area contributed by atoms with E-state index in [2.05, 4.69) is 0 Å². The van der Waals surface area contributed by atoms with E-state index in [4.69, 9.17) is 16.3 Å². The average molecular weight is 444 g/mol. The van der Waals surface area contributed by atoms with Gasteiger partial charge in [-0.05, 0) is 24.1 Å². The van der Waals surface area contributed by atoms with Crippen LogP contribution in [0.25, 0.3) is 0 Å². The van der Waals surface area contributed by atoms with Gasteiger partial charge in [-0.1, -0.05) is 30.3 Å². The van der Waals surface area contributed by atoms with Crippen molar-refractivity contribution >= 4 is 28.9 Å². The molecule has 1 N–H and O–H groups in total. The predicted octanol–water partition coefficient (Wildman–Crippen LogP) is 3.56. The van der Waals surface area contributed by atoms with Crippen LogP contribution in [0.5, 0.6) is 5.75 Å². The number of carbonyl (C=O) groups is 1. The molecule has 7 nitrogen and oxygen atoms in total. The zero-order valence-corrected chi connectivity index (χ0v) is 16.0. The van der Waals surface area contributed by atoms with E-state index in [1.54, 1.807) is 30.3 Å². The van der Waals surface area contributed by atoms with Gasteiger partial charge in [0.15, 0.2) is 0 Å². The number of nitrogens with one attached hydrogen (secondary N) is 1. The van der Waals surface area contributed by atoms with Crippen molar-refractivity contribution in [1.29, 1.82) is 0 Å². The third-order valence-corrected chi connectivity index (χ3v) is 4.00. The first-order valence-corrected chi connectivity index (χ1v) is 8.96. The minimum absolute atomic E-state index is 0.00291. The number of hydrogen-bond donors (Lipinski definition) is 1. The molecule has 0 unspecified atom stereocenters. The van der Waals surface area contributed by atoms with Crippen molar-refractivity contribution in [3.05, 3.63) is 75.5 Å². The average Bonchev–Trinajstić information content (AvgIpc) is 2.66. The highest BCUT2D eigenvalue weighted by Crippen LogP contribution is 2.37. The summed E-state index contributed by atoms with van der Waals surface area (Å²) in [4.78, 5) is 21.4. The van der Waals surface area contributed by atoms with Crippen molar-refractivity contribution in [2.24, 2.45) is 0 Å². The summed E-state index contributed by atoms with van der Waals surface area (Å²) in [6.07, 6.45) is -5.20. The van der Waals surface area contributed by atoms with E-state index in [-0.39, 0.29) is 47.7 Å². The van der Waals surface area contributed by atoms with Gasteiger partial charge in [0, 0.05) is 11.4 Å². The number of ether oxygens (including phenoxy) is 1. The maximum absolute atomic E-state index is 13.2. The predicted molar refractivity (Wildman–Crippen MR) is 101 cm³/mol. The number of allylic oxidation sites excluding steroid dienone is 1. The van der Waals surface area contributed by atoms with Crippen LogP contribution in [-0.2, 0) is 17.8 Å². The highest BCUT2D eigenvalue weighted by atomic mass is 35.5. The van der Waals surface area contributed by atoms with Gasteiger partial charge < -0.3 is 20.0 Å². The highest BCUT2D eigenvalue weighted by molar-refractivity contribution is 6.18. The fraction of sp³-hybridized carbons (Fsp3) is 0.211. The van der Waals surface area contributed by atoms with E-state index >= 15 is 0 Å². The van der Waals surface area contributed by atoms with Crippen LogP contribution in [0.4, 0.5) is 24.5 Å². The monoisotopic (exact) mass is 443 g/mol. The molecule has 2 aromatic carbocycles. The third-order valence-electron chi connectivity index (χ3n) is 3.82. The Bertz CT molecular complexity index is 949. The number of hydrogen-bond acceptors (Lipinski definition) is 6. The van der Waals surface area contributed by atoms with Crippen LogP contribution in [0, 0.1) is 10.1 Å². The molecule has 0 fully saturated rings. The Hall–Kier alpha value is -3.27. The Labute approximate surface area is 173 Å². The maximum Gasteiger partial charge on any atom is 0.431 e. The number of aryl methyl sites for hydroxylation is 1. The summed E-state index contributed by atoms with van der Waals surface area (Å²) < 4.78 is 45.1. The molecule has 0 atom stereocenters. The van der Waals surface area contributed by atoms with Crippen molar-refractivity contribution in [3.8, 4) is 5.75 Å². The van der Waals surface area contributed by atoms with Crippen LogP contribution < -0.4 is 15.2 Å². The third kappa shape index (κ3) is 6.38. The van der Waals surface area contributed by atoms with E-state index in [9.17, 15) is 33.2 Å². The summed E-state index contributed by atoms with van der Waals surface area (Å²) in [7, 11) is 0. The number of nitro benzene ring substituents is 1. The Morgan fingerprint density at radius 2 is 1.90 bits per heavy atom. The van der Waals surface area contributed by atoms with Crippen LogP contribution in [0.15, 0.2) is 54.2 Å². The fourth-order valence-corrected chi connectivity index (χ4v) is 2.69. The number of nitro groups is 1. The summed E-state index contributed by atoms with van der Waals surface area (Å²) in [5.41, 5.74) is -1.60. The van der Waals surface area contributed by atoms with Crippen molar-refractivity contribution in [3.63, 3.8) is 0 Å². The van der Waals surface area contributed by atoms with Gasteiger partial charge in [-0.3, -0.25) is 10.1 Å². The van der Waals surface area contributed by atoms with Crippen molar-refractivity contribution in [2.45, 2.75) is 19.2 Å². The maximum atomic E-state index is 13.2. The Kier molecular flexibility index (Phi) is 7.65. The second-order valence-corrected chi connectivity index (χ2v) is 6.33. The molecule has 0 aliphatic rings. The van der Waals surface area contributed by atoms with Gasteiger partial charge in [0.2, 0.25) is 0 Å². The Morgan fingerprint density at radius 3 is 2.43 bits per heavy atom. The van der Waals surface area contributed by atoms with E-state index in [0.717, 1.165) is 12.1 Å². The lowest BCUT2D eigenvalue weighted by molar-refractivity contribution is -0.385. The number of carboxylic acids is 1. The highest BCUT2D eigenvalue weighted by Gasteiger charge is 2.35. The van der Waals surface area contributed by atoms with Gasteiger partial charge in [0.25, 0.3) is 5.69 Å². The number of aliphatic carboxylic acids is 1. The lowest BCUT2D eigenvalue weighted by atomic mass is 10.1. The van der Waals surface area contributed by atoms with Crippen LogP contribution in [0.3, 0.4) is 0 Å². The topological polar surface area (TPSA) is 105 Å². The Balaban J connectivity index is 2.51. The van der Waals surface area contributed by atoms with Gasteiger partial charge in [0.05, 0.1) is 22.6 Å². The van der Waals surface area contributed by atoms with Gasteiger partial charge in [-0.25, -0.2) is 0 Å². The number of rotatable bonds is 9. The molecule has 160 valence electrons. The quantitative estimate of drug-likeness (QED) is 0.275. The van der Waals surface area contributed by atoms with Gasteiger partial charge in [-0.15, -0.1) is 11.6 Å². The van der Waals surface area contributed by atoms with Gasteiger partial charge in [0.1, 0.15) is 18.1 Å². The molecule has 2 aromatic rings. The van der Waals surface area contributed by atoms with E-state index in [1.807, 2.05) is 5.32 Å². The van der Waals surface area contributed by atoms with E-state index in [1.165, 1.54) is 0 Å². The van der Waals surface area contributed by atoms with Crippen molar-refractivity contribution in [2.75, 3.05) is 11.2 Å². The number of anilines is 1. The first-order valence-electron chi connectivity index (χ1n) is 8.42. The largest absolute Gasteiger partial charge is 0.545 e. The minimum Gasteiger partial charge on any atom is -0.545 e. The molecule has 2 rings (SSSR count). The first-order chi connectivity index (χ1) is 14.1. The van der Waals surface area contributed by atoms with Gasteiger partial charge in [-0.2, -0.15) is 13.2 Å². The lowest BCUT2D eigenvalue weighted by Crippen LogP contribution is -2.26. The van der Waals surface area contributed by atoms with Crippen LogP contribution in [-0.4, -0.2) is 22.9 Å². The van der Waals surface area contributed by atoms with Crippen molar-refractivity contribution < 1.29 is 32.7 Å². The molecular formula is C19H15ClF3N2O5-.